The number of anilines is 5. The van der Waals surface area contributed by atoms with Crippen molar-refractivity contribution in [1.29, 1.82) is 0 Å². The number of nitrogens with zero attached hydrogens (tertiary/aromatic N) is 1. The van der Waals surface area contributed by atoms with E-state index in [0.717, 1.165) is 17.1 Å². The van der Waals surface area contributed by atoms with E-state index in [4.69, 9.17) is 10.5 Å². The van der Waals surface area contributed by atoms with E-state index in [-0.39, 0.29) is 0 Å². The molecule has 3 N–H and O–H groups in total. The number of hydrogen-bond donors (Lipinski definition) is 2. The van der Waals surface area contributed by atoms with Crippen LogP contribution in [0.1, 0.15) is 0 Å². The van der Waals surface area contributed by atoms with Gasteiger partial charge in [0, 0.05) is 17.1 Å². The molecule has 0 aliphatic heterocycles. The van der Waals surface area contributed by atoms with Crippen molar-refractivity contribution < 1.29 is 9.53 Å². The summed E-state index contributed by atoms with van der Waals surface area (Å²) < 4.78 is 4.73. The lowest BCUT2D eigenvalue weighted by molar-refractivity contribution is 0.187. The Hall–Kier alpha value is -3.47. The number of hydrogen-bond acceptors (Lipinski definition) is 4. The van der Waals surface area contributed by atoms with Gasteiger partial charge in [-0.3, -0.25) is 5.32 Å². The van der Waals surface area contributed by atoms with Crippen molar-refractivity contribution in [3.63, 3.8) is 0 Å². The molecule has 5 heteroatoms. The summed E-state index contributed by atoms with van der Waals surface area (Å²) >= 11 is 0. The van der Waals surface area contributed by atoms with Crippen LogP contribution < -0.4 is 16.0 Å². The molecule has 1 amide bonds. The summed E-state index contributed by atoms with van der Waals surface area (Å²) in [6, 6.07) is 25.0. The average molecular weight is 333 g/mol. The Bertz CT molecular complexity index is 848. The fourth-order valence-electron chi connectivity index (χ4n) is 2.56. The molecule has 0 aliphatic carbocycles. The Morgan fingerprint density at radius 3 is 2.16 bits per heavy atom. The molecule has 5 nitrogen and oxygen atoms in total. The molecule has 0 atom stereocenters. The van der Waals surface area contributed by atoms with E-state index in [2.05, 4.69) is 5.32 Å². The molecule has 0 heterocycles. The number of nitrogen functional groups attached to an aromatic ring is 1. The fraction of sp³-hybridized carbons (Fsp3) is 0.0500. The molecule has 126 valence electrons. The van der Waals surface area contributed by atoms with E-state index in [9.17, 15) is 4.79 Å². The van der Waals surface area contributed by atoms with Crippen molar-refractivity contribution >= 4 is 34.5 Å². The molecule has 0 fully saturated rings. The summed E-state index contributed by atoms with van der Waals surface area (Å²) in [5.41, 5.74) is 9.88. The monoisotopic (exact) mass is 333 g/mol. The maximum absolute atomic E-state index is 11.7. The summed E-state index contributed by atoms with van der Waals surface area (Å²) in [5.74, 6) is 0. The summed E-state index contributed by atoms with van der Waals surface area (Å²) in [7, 11) is 1.34. The minimum absolute atomic E-state index is 0.516. The fourth-order valence-corrected chi connectivity index (χ4v) is 2.56. The standard InChI is InChI=1S/C20H19N3O2/c1-25-20(24)22-18-9-5-6-10-19(18)23(16-7-3-2-4-8-16)17-13-11-15(21)12-14-17/h2-14H,21H2,1H3,(H,22,24). The Morgan fingerprint density at radius 1 is 0.880 bits per heavy atom. The normalized spacial score (nSPS) is 10.1. The Balaban J connectivity index is 2.13. The largest absolute Gasteiger partial charge is 0.453 e. The van der Waals surface area contributed by atoms with Gasteiger partial charge in [0.25, 0.3) is 0 Å². The lowest BCUT2D eigenvalue weighted by Crippen LogP contribution is -2.16. The number of ether oxygens (including phenoxy) is 1. The lowest BCUT2D eigenvalue weighted by atomic mass is 10.1. The number of nitrogens with two attached hydrogens (primary N) is 1. The zero-order valence-electron chi connectivity index (χ0n) is 13.8. The van der Waals surface area contributed by atoms with Gasteiger partial charge in [0.1, 0.15) is 0 Å². The highest BCUT2D eigenvalue weighted by Gasteiger charge is 2.16. The van der Waals surface area contributed by atoms with E-state index in [1.165, 1.54) is 7.11 Å². The molecule has 0 radical (unpaired) electrons. The second-order valence-electron chi connectivity index (χ2n) is 5.40. The summed E-state index contributed by atoms with van der Waals surface area (Å²) in [6.07, 6.45) is -0.516. The molecule has 3 aromatic carbocycles. The van der Waals surface area contributed by atoms with Gasteiger partial charge in [-0.2, -0.15) is 0 Å². The number of rotatable bonds is 4. The molecule has 0 saturated carbocycles. The molecule has 3 rings (SSSR count). The molecule has 0 aliphatic rings. The van der Waals surface area contributed by atoms with Crippen LogP contribution in [-0.2, 0) is 4.74 Å². The van der Waals surface area contributed by atoms with Crippen molar-refractivity contribution in [2.45, 2.75) is 0 Å². The Labute approximate surface area is 146 Å². The van der Waals surface area contributed by atoms with Crippen LogP contribution in [0, 0.1) is 0 Å². The van der Waals surface area contributed by atoms with Crippen LogP contribution in [0.3, 0.4) is 0 Å². The number of methoxy groups -OCH3 is 1. The predicted octanol–water partition coefficient (Wildman–Crippen LogP) is 4.92. The van der Waals surface area contributed by atoms with Gasteiger partial charge in [0.15, 0.2) is 0 Å². The number of carbonyl (C=O) groups is 1. The van der Waals surface area contributed by atoms with Gasteiger partial charge in [-0.15, -0.1) is 0 Å². The lowest BCUT2D eigenvalue weighted by Gasteiger charge is -2.27. The molecule has 25 heavy (non-hydrogen) atoms. The highest BCUT2D eigenvalue weighted by molar-refractivity contribution is 5.93. The van der Waals surface area contributed by atoms with Crippen LogP contribution in [0.15, 0.2) is 78.9 Å². The maximum Gasteiger partial charge on any atom is 0.411 e. The molecular weight excluding hydrogens is 314 g/mol. The van der Waals surface area contributed by atoms with Crippen LogP contribution >= 0.6 is 0 Å². The quantitative estimate of drug-likeness (QED) is 0.665. The van der Waals surface area contributed by atoms with Crippen LogP contribution in [-0.4, -0.2) is 13.2 Å². The first-order valence-electron chi connectivity index (χ1n) is 7.84. The molecule has 0 spiro atoms. The molecule has 0 unspecified atom stereocenters. The molecule has 0 saturated heterocycles. The van der Waals surface area contributed by atoms with Crippen molar-refractivity contribution in [1.82, 2.24) is 0 Å². The van der Waals surface area contributed by atoms with E-state index < -0.39 is 6.09 Å². The third-order valence-electron chi connectivity index (χ3n) is 3.73. The van der Waals surface area contributed by atoms with Gasteiger partial charge in [0.05, 0.1) is 18.5 Å². The van der Waals surface area contributed by atoms with Crippen LogP contribution in [0.25, 0.3) is 0 Å². The maximum atomic E-state index is 11.7. The molecule has 3 aromatic rings. The summed E-state index contributed by atoms with van der Waals surface area (Å²) in [6.45, 7) is 0. The number of para-hydroxylation sites is 3. The van der Waals surface area contributed by atoms with Crippen molar-refractivity contribution in [2.75, 3.05) is 23.1 Å². The second-order valence-corrected chi connectivity index (χ2v) is 5.40. The van der Waals surface area contributed by atoms with Gasteiger partial charge in [-0.05, 0) is 48.5 Å². The number of benzene rings is 3. The summed E-state index contributed by atoms with van der Waals surface area (Å²) in [5, 5.41) is 2.76. The zero-order chi connectivity index (χ0) is 17.6. The van der Waals surface area contributed by atoms with Crippen LogP contribution in [0.4, 0.5) is 33.2 Å². The summed E-state index contributed by atoms with van der Waals surface area (Å²) in [4.78, 5) is 13.8. The first kappa shape index (κ1) is 16.4. The van der Waals surface area contributed by atoms with Gasteiger partial charge in [-0.25, -0.2) is 4.79 Å². The average Bonchev–Trinajstić information content (AvgIpc) is 2.65. The SMILES string of the molecule is COC(=O)Nc1ccccc1N(c1ccccc1)c1ccc(N)cc1. The number of amides is 1. The third kappa shape index (κ3) is 3.72. The second kappa shape index (κ2) is 7.40. The van der Waals surface area contributed by atoms with E-state index >= 15 is 0 Å². The predicted molar refractivity (Wildman–Crippen MR) is 102 cm³/mol. The molecule has 0 aromatic heterocycles. The smallest absolute Gasteiger partial charge is 0.411 e. The van der Waals surface area contributed by atoms with E-state index in [1.807, 2.05) is 83.8 Å². The Morgan fingerprint density at radius 2 is 1.48 bits per heavy atom. The van der Waals surface area contributed by atoms with E-state index in [0.29, 0.717) is 11.4 Å². The first-order valence-corrected chi connectivity index (χ1v) is 7.84. The van der Waals surface area contributed by atoms with Crippen molar-refractivity contribution in [3.05, 3.63) is 78.9 Å². The van der Waals surface area contributed by atoms with Gasteiger partial charge < -0.3 is 15.4 Å². The zero-order valence-corrected chi connectivity index (χ0v) is 13.8. The minimum atomic E-state index is -0.516. The van der Waals surface area contributed by atoms with Gasteiger partial charge in [-0.1, -0.05) is 30.3 Å². The topological polar surface area (TPSA) is 67.6 Å². The highest BCUT2D eigenvalue weighted by Crippen LogP contribution is 2.38. The van der Waals surface area contributed by atoms with Gasteiger partial charge in [0.2, 0.25) is 0 Å². The van der Waals surface area contributed by atoms with Crippen LogP contribution in [0.5, 0.6) is 0 Å². The minimum Gasteiger partial charge on any atom is -0.453 e. The van der Waals surface area contributed by atoms with Crippen molar-refractivity contribution in [3.8, 4) is 0 Å². The number of nitrogens with one attached hydrogen (secondary N) is 1. The third-order valence-corrected chi connectivity index (χ3v) is 3.73. The highest BCUT2D eigenvalue weighted by atomic mass is 16.5. The van der Waals surface area contributed by atoms with Crippen LogP contribution in [0.2, 0.25) is 0 Å². The molecule has 0 bridgehead atoms. The first-order chi connectivity index (χ1) is 12.2. The number of carbonyl (C=O) groups excluding carboxylic acids is 1. The van der Waals surface area contributed by atoms with E-state index in [1.54, 1.807) is 0 Å². The Kier molecular flexibility index (Phi) is 4.85. The van der Waals surface area contributed by atoms with Crippen molar-refractivity contribution in [2.24, 2.45) is 0 Å². The molecular formula is C20H19N3O2. The van der Waals surface area contributed by atoms with Gasteiger partial charge >= 0.3 is 6.09 Å².